The van der Waals surface area contributed by atoms with Gasteiger partial charge in [0.1, 0.15) is 5.75 Å². The number of hydrogen-bond acceptors (Lipinski definition) is 3. The molecule has 0 heterocycles. The maximum atomic E-state index is 12.3. The van der Waals surface area contributed by atoms with Gasteiger partial charge in [0.05, 0.1) is 6.61 Å². The van der Waals surface area contributed by atoms with Crippen molar-refractivity contribution in [1.82, 2.24) is 5.32 Å². The van der Waals surface area contributed by atoms with Crippen LogP contribution in [0.1, 0.15) is 33.2 Å². The fourth-order valence-corrected chi connectivity index (χ4v) is 2.66. The van der Waals surface area contributed by atoms with E-state index in [0.717, 1.165) is 11.3 Å². The van der Waals surface area contributed by atoms with Gasteiger partial charge in [-0.2, -0.15) is 0 Å². The first-order chi connectivity index (χ1) is 13.7. The minimum Gasteiger partial charge on any atom is -0.494 e. The summed E-state index contributed by atoms with van der Waals surface area (Å²) in [7, 11) is 0. The molecule has 5 heteroatoms. The molecule has 0 saturated heterocycles. The van der Waals surface area contributed by atoms with Crippen molar-refractivity contribution in [2.75, 3.05) is 11.9 Å². The van der Waals surface area contributed by atoms with Gasteiger partial charge in [-0.15, -0.1) is 0 Å². The molecule has 3 rings (SSSR count). The van der Waals surface area contributed by atoms with Crippen LogP contribution in [0.25, 0.3) is 0 Å². The van der Waals surface area contributed by atoms with Crippen LogP contribution in [0.2, 0.25) is 0 Å². The molecule has 0 aliphatic carbocycles. The molecule has 0 aliphatic rings. The lowest BCUT2D eigenvalue weighted by Gasteiger charge is -2.08. The van der Waals surface area contributed by atoms with Crippen LogP contribution in [-0.4, -0.2) is 18.4 Å². The van der Waals surface area contributed by atoms with Crippen LogP contribution in [0.4, 0.5) is 5.69 Å². The number of ether oxygens (including phenoxy) is 1. The average Bonchev–Trinajstić information content (AvgIpc) is 2.74. The molecule has 0 radical (unpaired) electrons. The van der Waals surface area contributed by atoms with Crippen LogP contribution in [-0.2, 0) is 6.54 Å². The summed E-state index contributed by atoms with van der Waals surface area (Å²) >= 11 is 0. The maximum absolute atomic E-state index is 12.3. The van der Waals surface area contributed by atoms with E-state index >= 15 is 0 Å². The van der Waals surface area contributed by atoms with Gasteiger partial charge in [-0.25, -0.2) is 0 Å². The van der Waals surface area contributed by atoms with E-state index in [1.54, 1.807) is 48.5 Å². The van der Waals surface area contributed by atoms with Crippen molar-refractivity contribution < 1.29 is 14.3 Å². The van der Waals surface area contributed by atoms with E-state index in [4.69, 9.17) is 4.74 Å². The van der Waals surface area contributed by atoms with Crippen LogP contribution in [0, 0.1) is 0 Å². The highest BCUT2D eigenvalue weighted by Crippen LogP contribution is 2.15. The molecule has 0 spiro atoms. The van der Waals surface area contributed by atoms with Crippen LogP contribution in [0.5, 0.6) is 5.75 Å². The fraction of sp³-hybridized carbons (Fsp3) is 0.130. The third kappa shape index (κ3) is 5.20. The predicted molar refractivity (Wildman–Crippen MR) is 110 cm³/mol. The standard InChI is InChI=1S/C23H22N2O3/c1-2-28-21-14-10-19(11-15-21)23(27)25-20-12-8-18(9-13-20)22(26)24-16-17-6-4-3-5-7-17/h3-15H,2,16H2,1H3,(H,24,26)(H,25,27). The Kier molecular flexibility index (Phi) is 6.41. The van der Waals surface area contributed by atoms with E-state index in [2.05, 4.69) is 10.6 Å². The van der Waals surface area contributed by atoms with Gasteiger partial charge in [0.25, 0.3) is 11.8 Å². The zero-order valence-electron chi connectivity index (χ0n) is 15.6. The monoisotopic (exact) mass is 374 g/mol. The molecule has 3 aromatic carbocycles. The Balaban J connectivity index is 1.56. The normalized spacial score (nSPS) is 10.2. The molecular formula is C23H22N2O3. The van der Waals surface area contributed by atoms with E-state index in [1.165, 1.54) is 0 Å². The van der Waals surface area contributed by atoms with Gasteiger partial charge in [-0.1, -0.05) is 30.3 Å². The topological polar surface area (TPSA) is 67.4 Å². The third-order valence-corrected chi connectivity index (χ3v) is 4.13. The Morgan fingerprint density at radius 2 is 1.39 bits per heavy atom. The molecule has 28 heavy (non-hydrogen) atoms. The summed E-state index contributed by atoms with van der Waals surface area (Å²) in [6.45, 7) is 2.96. The predicted octanol–water partition coefficient (Wildman–Crippen LogP) is 4.27. The van der Waals surface area contributed by atoms with Gasteiger partial charge >= 0.3 is 0 Å². The summed E-state index contributed by atoms with van der Waals surface area (Å²) < 4.78 is 5.37. The SMILES string of the molecule is CCOc1ccc(C(=O)Nc2ccc(C(=O)NCc3ccccc3)cc2)cc1. The highest BCUT2D eigenvalue weighted by molar-refractivity contribution is 6.04. The van der Waals surface area contributed by atoms with Gasteiger partial charge in [-0.05, 0) is 61.0 Å². The number of nitrogens with one attached hydrogen (secondary N) is 2. The summed E-state index contributed by atoms with van der Waals surface area (Å²) in [5.74, 6) is 0.350. The summed E-state index contributed by atoms with van der Waals surface area (Å²) in [5, 5.41) is 5.70. The van der Waals surface area contributed by atoms with Gasteiger partial charge in [0.2, 0.25) is 0 Å². The van der Waals surface area contributed by atoms with Crippen molar-refractivity contribution in [1.29, 1.82) is 0 Å². The van der Waals surface area contributed by atoms with Gasteiger partial charge in [-0.3, -0.25) is 9.59 Å². The lowest BCUT2D eigenvalue weighted by Crippen LogP contribution is -2.22. The molecule has 2 N–H and O–H groups in total. The number of benzene rings is 3. The largest absolute Gasteiger partial charge is 0.494 e. The third-order valence-electron chi connectivity index (χ3n) is 4.13. The maximum Gasteiger partial charge on any atom is 0.255 e. The molecule has 0 atom stereocenters. The fourth-order valence-electron chi connectivity index (χ4n) is 2.66. The molecule has 5 nitrogen and oxygen atoms in total. The number of anilines is 1. The summed E-state index contributed by atoms with van der Waals surface area (Å²) in [4.78, 5) is 24.6. The first-order valence-corrected chi connectivity index (χ1v) is 9.12. The zero-order chi connectivity index (χ0) is 19.8. The molecule has 2 amide bonds. The Morgan fingerprint density at radius 1 is 0.786 bits per heavy atom. The van der Waals surface area contributed by atoms with Crippen LogP contribution in [0.15, 0.2) is 78.9 Å². The molecule has 0 bridgehead atoms. The highest BCUT2D eigenvalue weighted by atomic mass is 16.5. The van der Waals surface area contributed by atoms with E-state index in [0.29, 0.717) is 30.0 Å². The number of hydrogen-bond donors (Lipinski definition) is 2. The van der Waals surface area contributed by atoms with Crippen molar-refractivity contribution in [3.63, 3.8) is 0 Å². The summed E-state index contributed by atoms with van der Waals surface area (Å²) in [5.41, 5.74) is 2.73. The minimum absolute atomic E-state index is 0.159. The smallest absolute Gasteiger partial charge is 0.255 e. The van der Waals surface area contributed by atoms with Crippen molar-refractivity contribution in [2.45, 2.75) is 13.5 Å². The van der Waals surface area contributed by atoms with E-state index < -0.39 is 0 Å². The first kappa shape index (κ1) is 19.2. The van der Waals surface area contributed by atoms with Crippen LogP contribution >= 0.6 is 0 Å². The lowest BCUT2D eigenvalue weighted by molar-refractivity contribution is 0.0950. The zero-order valence-corrected chi connectivity index (χ0v) is 15.6. The van der Waals surface area contributed by atoms with Crippen molar-refractivity contribution >= 4 is 17.5 Å². The Labute approximate surface area is 164 Å². The minimum atomic E-state index is -0.218. The lowest BCUT2D eigenvalue weighted by atomic mass is 10.1. The Bertz CT molecular complexity index is 920. The van der Waals surface area contributed by atoms with Crippen molar-refractivity contribution in [3.8, 4) is 5.75 Å². The van der Waals surface area contributed by atoms with E-state index in [1.807, 2.05) is 37.3 Å². The van der Waals surface area contributed by atoms with Gasteiger partial charge < -0.3 is 15.4 Å². The highest BCUT2D eigenvalue weighted by Gasteiger charge is 2.08. The molecule has 0 unspecified atom stereocenters. The van der Waals surface area contributed by atoms with Crippen LogP contribution in [0.3, 0.4) is 0 Å². The van der Waals surface area contributed by atoms with Crippen molar-refractivity contribution in [2.24, 2.45) is 0 Å². The number of amides is 2. The van der Waals surface area contributed by atoms with E-state index in [-0.39, 0.29) is 11.8 Å². The molecule has 0 aromatic heterocycles. The van der Waals surface area contributed by atoms with E-state index in [9.17, 15) is 9.59 Å². The second kappa shape index (κ2) is 9.37. The second-order valence-corrected chi connectivity index (χ2v) is 6.16. The van der Waals surface area contributed by atoms with Gasteiger partial charge in [0, 0.05) is 23.4 Å². The van der Waals surface area contributed by atoms with Gasteiger partial charge in [0.15, 0.2) is 0 Å². The molecule has 0 saturated carbocycles. The summed E-state index contributed by atoms with van der Waals surface area (Å²) in [6, 6.07) is 23.5. The number of rotatable bonds is 7. The summed E-state index contributed by atoms with van der Waals surface area (Å²) in [6.07, 6.45) is 0. The van der Waals surface area contributed by atoms with Crippen molar-refractivity contribution in [3.05, 3.63) is 95.6 Å². The first-order valence-electron chi connectivity index (χ1n) is 9.12. The molecule has 142 valence electrons. The Morgan fingerprint density at radius 3 is 2.04 bits per heavy atom. The van der Waals surface area contributed by atoms with Crippen LogP contribution < -0.4 is 15.4 Å². The molecule has 0 aliphatic heterocycles. The average molecular weight is 374 g/mol. The quantitative estimate of drug-likeness (QED) is 0.649. The number of carbonyl (C=O) groups is 2. The molecular weight excluding hydrogens is 352 g/mol. The Hall–Kier alpha value is -3.60. The number of carbonyl (C=O) groups excluding carboxylic acids is 2. The molecule has 0 fully saturated rings. The molecule has 3 aromatic rings. The second-order valence-electron chi connectivity index (χ2n) is 6.16.